The standard InChI is InChI=1S/C11H13NOS/c13-9(6-10-12-4-5-14-10)11-7-2-1-3-8(7)11/h4-5,7-8,11H,1-3,6H2. The van der Waals surface area contributed by atoms with Gasteiger partial charge in [-0.2, -0.15) is 0 Å². The monoisotopic (exact) mass is 207 g/mol. The summed E-state index contributed by atoms with van der Waals surface area (Å²) < 4.78 is 0. The molecule has 2 atom stereocenters. The highest BCUT2D eigenvalue weighted by atomic mass is 32.1. The fourth-order valence-corrected chi connectivity index (χ4v) is 3.53. The molecule has 2 aliphatic carbocycles. The molecule has 1 aromatic heterocycles. The lowest BCUT2D eigenvalue weighted by Crippen LogP contribution is -2.08. The molecule has 0 bridgehead atoms. The van der Waals surface area contributed by atoms with Crippen molar-refractivity contribution in [3.8, 4) is 0 Å². The van der Waals surface area contributed by atoms with E-state index in [1.54, 1.807) is 17.5 Å². The Morgan fingerprint density at radius 2 is 2.29 bits per heavy atom. The molecule has 1 aromatic rings. The van der Waals surface area contributed by atoms with Crippen LogP contribution in [0, 0.1) is 17.8 Å². The van der Waals surface area contributed by atoms with Crippen molar-refractivity contribution in [2.24, 2.45) is 17.8 Å². The quantitative estimate of drug-likeness (QED) is 0.761. The average Bonchev–Trinajstić information content (AvgIpc) is 2.63. The van der Waals surface area contributed by atoms with E-state index in [0.29, 0.717) is 18.1 Å². The Balaban J connectivity index is 1.62. The van der Waals surface area contributed by atoms with Crippen LogP contribution in [0.3, 0.4) is 0 Å². The van der Waals surface area contributed by atoms with Gasteiger partial charge in [-0.3, -0.25) is 4.79 Å². The number of aromatic nitrogens is 1. The van der Waals surface area contributed by atoms with Gasteiger partial charge < -0.3 is 0 Å². The van der Waals surface area contributed by atoms with Crippen molar-refractivity contribution in [1.29, 1.82) is 0 Å². The first-order valence-corrected chi connectivity index (χ1v) is 6.15. The highest BCUT2D eigenvalue weighted by molar-refractivity contribution is 7.09. The molecule has 0 spiro atoms. The summed E-state index contributed by atoms with van der Waals surface area (Å²) in [6.45, 7) is 0. The zero-order valence-electron chi connectivity index (χ0n) is 7.98. The van der Waals surface area contributed by atoms with Gasteiger partial charge in [0.2, 0.25) is 0 Å². The number of carbonyl (C=O) groups is 1. The minimum absolute atomic E-state index is 0.410. The van der Waals surface area contributed by atoms with Crippen LogP contribution in [0.25, 0.3) is 0 Å². The minimum atomic E-state index is 0.410. The van der Waals surface area contributed by atoms with E-state index in [0.717, 1.165) is 16.8 Å². The Hall–Kier alpha value is -0.700. The molecule has 0 N–H and O–H groups in total. The number of nitrogens with zero attached hydrogens (tertiary/aromatic N) is 1. The maximum absolute atomic E-state index is 11.9. The highest BCUT2D eigenvalue weighted by Gasteiger charge is 2.55. The second-order valence-electron chi connectivity index (χ2n) is 4.35. The minimum Gasteiger partial charge on any atom is -0.299 e. The van der Waals surface area contributed by atoms with Crippen molar-refractivity contribution >= 4 is 17.1 Å². The fourth-order valence-electron chi connectivity index (χ4n) is 2.91. The normalized spacial score (nSPS) is 34.1. The number of hydrogen-bond donors (Lipinski definition) is 0. The molecule has 3 rings (SSSR count). The van der Waals surface area contributed by atoms with Gasteiger partial charge in [0, 0.05) is 17.5 Å². The lowest BCUT2D eigenvalue weighted by molar-refractivity contribution is -0.120. The van der Waals surface area contributed by atoms with Gasteiger partial charge >= 0.3 is 0 Å². The number of hydrogen-bond acceptors (Lipinski definition) is 3. The molecule has 3 heteroatoms. The SMILES string of the molecule is O=C(Cc1nccs1)C1C2CCCC21. The second kappa shape index (κ2) is 3.16. The van der Waals surface area contributed by atoms with Crippen LogP contribution >= 0.6 is 11.3 Å². The van der Waals surface area contributed by atoms with E-state index in [4.69, 9.17) is 0 Å². The Kier molecular flexibility index (Phi) is 1.94. The number of carbonyl (C=O) groups excluding carboxylic acids is 1. The molecule has 1 heterocycles. The number of rotatable bonds is 3. The third kappa shape index (κ3) is 1.31. The Morgan fingerprint density at radius 1 is 1.50 bits per heavy atom. The van der Waals surface area contributed by atoms with Gasteiger partial charge in [-0.15, -0.1) is 11.3 Å². The van der Waals surface area contributed by atoms with Crippen LogP contribution in [-0.2, 0) is 11.2 Å². The predicted octanol–water partition coefficient (Wildman–Crippen LogP) is 2.30. The van der Waals surface area contributed by atoms with E-state index < -0.39 is 0 Å². The molecule has 0 saturated heterocycles. The van der Waals surface area contributed by atoms with Crippen molar-refractivity contribution in [2.45, 2.75) is 25.7 Å². The Labute approximate surface area is 87.4 Å². The first-order valence-electron chi connectivity index (χ1n) is 5.27. The lowest BCUT2D eigenvalue weighted by Gasteiger charge is -2.00. The average molecular weight is 207 g/mol. The zero-order valence-corrected chi connectivity index (χ0v) is 8.80. The van der Waals surface area contributed by atoms with Crippen LogP contribution in [0.4, 0.5) is 0 Å². The molecule has 0 aliphatic heterocycles. The topological polar surface area (TPSA) is 30.0 Å². The summed E-state index contributed by atoms with van der Waals surface area (Å²) in [5.41, 5.74) is 0. The smallest absolute Gasteiger partial charge is 0.143 e. The molecule has 2 saturated carbocycles. The maximum atomic E-state index is 11.9. The summed E-state index contributed by atoms with van der Waals surface area (Å²) in [7, 11) is 0. The largest absolute Gasteiger partial charge is 0.299 e. The molecule has 0 radical (unpaired) electrons. The third-order valence-corrected chi connectivity index (χ3v) is 4.37. The van der Waals surface area contributed by atoms with Crippen molar-refractivity contribution in [1.82, 2.24) is 4.98 Å². The van der Waals surface area contributed by atoms with E-state index in [1.807, 2.05) is 5.38 Å². The molecular weight excluding hydrogens is 194 g/mol. The predicted molar refractivity (Wildman–Crippen MR) is 55.1 cm³/mol. The van der Waals surface area contributed by atoms with Gasteiger partial charge in [-0.05, 0) is 24.7 Å². The molecule has 74 valence electrons. The van der Waals surface area contributed by atoms with Gasteiger partial charge in [-0.25, -0.2) is 4.98 Å². The van der Waals surface area contributed by atoms with Gasteiger partial charge in [0.1, 0.15) is 5.78 Å². The van der Waals surface area contributed by atoms with E-state index >= 15 is 0 Å². The molecular formula is C11H13NOS. The van der Waals surface area contributed by atoms with Crippen LogP contribution in [0.5, 0.6) is 0 Å². The number of ketones is 1. The lowest BCUT2D eigenvalue weighted by atomic mass is 10.1. The molecule has 2 nitrogen and oxygen atoms in total. The first kappa shape index (κ1) is 8.60. The maximum Gasteiger partial charge on any atom is 0.143 e. The third-order valence-electron chi connectivity index (χ3n) is 3.59. The van der Waals surface area contributed by atoms with Crippen molar-refractivity contribution in [2.75, 3.05) is 0 Å². The van der Waals surface area contributed by atoms with Gasteiger partial charge in [0.25, 0.3) is 0 Å². The van der Waals surface area contributed by atoms with Gasteiger partial charge in [0.05, 0.1) is 11.4 Å². The first-order chi connectivity index (χ1) is 6.86. The summed E-state index contributed by atoms with van der Waals surface area (Å²) in [6.07, 6.45) is 6.28. The molecule has 0 aromatic carbocycles. The summed E-state index contributed by atoms with van der Waals surface area (Å²) in [6, 6.07) is 0. The van der Waals surface area contributed by atoms with Gasteiger partial charge in [-0.1, -0.05) is 6.42 Å². The zero-order chi connectivity index (χ0) is 9.54. The molecule has 14 heavy (non-hydrogen) atoms. The van der Waals surface area contributed by atoms with Gasteiger partial charge in [0.15, 0.2) is 0 Å². The van der Waals surface area contributed by atoms with E-state index in [1.165, 1.54) is 19.3 Å². The molecule has 2 fully saturated rings. The fraction of sp³-hybridized carbons (Fsp3) is 0.636. The van der Waals surface area contributed by atoms with E-state index in [2.05, 4.69) is 4.98 Å². The van der Waals surface area contributed by atoms with Crippen LogP contribution in [0.15, 0.2) is 11.6 Å². The number of Topliss-reactive ketones (excluding diaryl/α,β-unsaturated/α-hetero) is 1. The Bertz CT molecular complexity index is 336. The second-order valence-corrected chi connectivity index (χ2v) is 5.33. The molecule has 0 amide bonds. The molecule has 2 unspecified atom stereocenters. The van der Waals surface area contributed by atoms with Crippen molar-refractivity contribution in [3.63, 3.8) is 0 Å². The highest BCUT2D eigenvalue weighted by Crippen LogP contribution is 2.58. The number of fused-ring (bicyclic) bond motifs is 1. The summed E-state index contributed by atoms with van der Waals surface area (Å²) in [4.78, 5) is 16.0. The molecule has 2 aliphatic rings. The number of thiazole rings is 1. The van der Waals surface area contributed by atoms with Crippen LogP contribution in [0.1, 0.15) is 24.3 Å². The van der Waals surface area contributed by atoms with Crippen LogP contribution in [0.2, 0.25) is 0 Å². The van der Waals surface area contributed by atoms with E-state index in [-0.39, 0.29) is 0 Å². The summed E-state index contributed by atoms with van der Waals surface area (Å²) in [5.74, 6) is 2.35. The van der Waals surface area contributed by atoms with E-state index in [9.17, 15) is 4.79 Å². The Morgan fingerprint density at radius 3 is 2.93 bits per heavy atom. The summed E-state index contributed by atoms with van der Waals surface area (Å²) >= 11 is 1.59. The van der Waals surface area contributed by atoms with Crippen LogP contribution < -0.4 is 0 Å². The summed E-state index contributed by atoms with van der Waals surface area (Å²) in [5, 5.41) is 2.93. The van der Waals surface area contributed by atoms with Crippen molar-refractivity contribution in [3.05, 3.63) is 16.6 Å². The van der Waals surface area contributed by atoms with Crippen molar-refractivity contribution < 1.29 is 4.79 Å². The van der Waals surface area contributed by atoms with Crippen LogP contribution in [-0.4, -0.2) is 10.8 Å².